The maximum absolute atomic E-state index is 12.3. The maximum Gasteiger partial charge on any atom is 0.491 e. The zero-order valence-electron chi connectivity index (χ0n) is 17.0. The third-order valence-electron chi connectivity index (χ3n) is 6.47. The quantitative estimate of drug-likeness (QED) is 0.570. The molecule has 3 unspecified atom stereocenters. The largest absolute Gasteiger partial charge is 0.491 e. The number of fused-ring (bicyclic) bond motifs is 2. The number of nitrogens with zero attached hydrogens (tertiary/aromatic N) is 1. The smallest absolute Gasteiger partial charge is 0.383 e. The molecule has 2 saturated heterocycles. The molecule has 0 spiro atoms. The first kappa shape index (κ1) is 21.4. The number of hydrogen-bond donors (Lipinski definition) is 1. The van der Waals surface area contributed by atoms with E-state index in [2.05, 4.69) is 46.3 Å². The summed E-state index contributed by atoms with van der Waals surface area (Å²) in [7, 11) is 2.18. The molecule has 2 aliphatic heterocycles. The summed E-state index contributed by atoms with van der Waals surface area (Å²) < 4.78 is 40.7. The highest BCUT2D eigenvalue weighted by molar-refractivity contribution is 5.98. The zero-order chi connectivity index (χ0) is 22.2. The summed E-state index contributed by atoms with van der Waals surface area (Å²) in [6.45, 7) is 0. The molecule has 2 fully saturated rings. The van der Waals surface area contributed by atoms with Gasteiger partial charge in [0.15, 0.2) is 0 Å². The number of halogens is 3. The summed E-state index contributed by atoms with van der Waals surface area (Å²) >= 11 is 0. The van der Waals surface area contributed by atoms with Crippen molar-refractivity contribution in [1.82, 2.24) is 4.90 Å². The minimum Gasteiger partial charge on any atom is -0.383 e. The number of esters is 2. The fourth-order valence-corrected chi connectivity index (χ4v) is 4.93. The van der Waals surface area contributed by atoms with E-state index < -0.39 is 18.1 Å². The normalized spacial score (nSPS) is 25.8. The maximum atomic E-state index is 12.3. The number of anilines is 1. The molecule has 4 rings (SSSR count). The van der Waals surface area contributed by atoms with Crippen LogP contribution in [-0.4, -0.2) is 42.1 Å². The van der Waals surface area contributed by atoms with Gasteiger partial charge < -0.3 is 10.1 Å². The van der Waals surface area contributed by atoms with Crippen LogP contribution < -0.4 is 5.32 Å². The van der Waals surface area contributed by atoms with E-state index in [9.17, 15) is 22.8 Å². The molecule has 31 heavy (non-hydrogen) atoms. The van der Waals surface area contributed by atoms with E-state index in [1.54, 1.807) is 12.1 Å². The second kappa shape index (κ2) is 8.00. The van der Waals surface area contributed by atoms with E-state index in [0.717, 1.165) is 31.4 Å². The first-order valence-corrected chi connectivity index (χ1v) is 10.2. The highest BCUT2D eigenvalue weighted by Crippen LogP contribution is 2.50. The van der Waals surface area contributed by atoms with Crippen molar-refractivity contribution in [2.24, 2.45) is 0 Å². The van der Waals surface area contributed by atoms with Gasteiger partial charge in [0.2, 0.25) is 0 Å². The molecule has 0 amide bonds. The number of ether oxygens (including phenoxy) is 1. The van der Waals surface area contributed by atoms with Gasteiger partial charge in [-0.05, 0) is 62.6 Å². The van der Waals surface area contributed by atoms with Crippen LogP contribution in [0, 0.1) is 0 Å². The third kappa shape index (κ3) is 4.17. The Morgan fingerprint density at radius 3 is 2.42 bits per heavy atom. The summed E-state index contributed by atoms with van der Waals surface area (Å²) in [5, 5.41) is 3.50. The van der Waals surface area contributed by atoms with Gasteiger partial charge in [-0.2, -0.15) is 13.2 Å². The Morgan fingerprint density at radius 1 is 1.10 bits per heavy atom. The number of benzene rings is 2. The van der Waals surface area contributed by atoms with Crippen LogP contribution in [0.15, 0.2) is 54.6 Å². The average molecular weight is 432 g/mol. The lowest BCUT2D eigenvalue weighted by molar-refractivity contribution is -0.193. The predicted octanol–water partition coefficient (Wildman–Crippen LogP) is 4.50. The molecule has 2 aromatic carbocycles. The van der Waals surface area contributed by atoms with Gasteiger partial charge >= 0.3 is 18.1 Å². The third-order valence-corrected chi connectivity index (χ3v) is 6.47. The van der Waals surface area contributed by atoms with Crippen LogP contribution in [-0.2, 0) is 15.1 Å². The average Bonchev–Trinajstić information content (AvgIpc) is 2.93. The van der Waals surface area contributed by atoms with Gasteiger partial charge in [0.25, 0.3) is 0 Å². The van der Waals surface area contributed by atoms with Gasteiger partial charge in [-0.3, -0.25) is 4.90 Å². The molecule has 0 radical (unpaired) electrons. The lowest BCUT2D eigenvalue weighted by atomic mass is 9.80. The fraction of sp³-hybridized carbons (Fsp3) is 0.391. The van der Waals surface area contributed by atoms with E-state index >= 15 is 0 Å². The second-order valence-corrected chi connectivity index (χ2v) is 8.23. The van der Waals surface area contributed by atoms with Crippen LogP contribution in [0.25, 0.3) is 0 Å². The molecule has 5 nitrogen and oxygen atoms in total. The highest BCUT2D eigenvalue weighted by Gasteiger charge is 2.50. The van der Waals surface area contributed by atoms with Crippen molar-refractivity contribution in [3.8, 4) is 0 Å². The summed E-state index contributed by atoms with van der Waals surface area (Å²) in [6.07, 6.45) is -1.09. The Morgan fingerprint density at radius 2 is 1.77 bits per heavy atom. The van der Waals surface area contributed by atoms with E-state index in [1.807, 2.05) is 6.07 Å². The lowest BCUT2D eigenvalue weighted by Gasteiger charge is -2.46. The van der Waals surface area contributed by atoms with Crippen LogP contribution in [0.4, 0.5) is 18.9 Å². The van der Waals surface area contributed by atoms with E-state index in [1.165, 1.54) is 17.7 Å². The van der Waals surface area contributed by atoms with E-state index in [0.29, 0.717) is 6.04 Å². The van der Waals surface area contributed by atoms with Crippen LogP contribution in [0.2, 0.25) is 0 Å². The zero-order valence-corrected chi connectivity index (χ0v) is 17.0. The molecule has 0 aliphatic carbocycles. The van der Waals surface area contributed by atoms with Gasteiger partial charge in [-0.15, -0.1) is 0 Å². The summed E-state index contributed by atoms with van der Waals surface area (Å²) in [6, 6.07) is 17.1. The number of rotatable bonds is 4. The lowest BCUT2D eigenvalue weighted by Crippen LogP contribution is -2.51. The Bertz CT molecular complexity index is 962. The molecule has 2 heterocycles. The topological polar surface area (TPSA) is 58.6 Å². The Kier molecular flexibility index (Phi) is 5.51. The molecule has 8 heteroatoms. The molecule has 1 N–H and O–H groups in total. The van der Waals surface area contributed by atoms with Gasteiger partial charge in [0.05, 0.1) is 5.56 Å². The molecule has 2 aliphatic rings. The van der Waals surface area contributed by atoms with Crippen molar-refractivity contribution >= 4 is 17.6 Å². The second-order valence-electron chi connectivity index (χ2n) is 8.23. The molecule has 164 valence electrons. The minimum absolute atomic E-state index is 0.0243. The molecule has 3 atom stereocenters. The first-order valence-electron chi connectivity index (χ1n) is 10.2. The molecule has 2 aromatic rings. The van der Waals surface area contributed by atoms with Crippen molar-refractivity contribution in [2.75, 3.05) is 12.4 Å². The van der Waals surface area contributed by atoms with Crippen molar-refractivity contribution in [2.45, 2.75) is 49.5 Å². The molecule has 0 aromatic heterocycles. The Balaban J connectivity index is 1.44. The summed E-state index contributed by atoms with van der Waals surface area (Å²) in [4.78, 5) is 25.1. The predicted molar refractivity (Wildman–Crippen MR) is 108 cm³/mol. The SMILES string of the molecule is CN1C2CCC1(c1ccccc1)CC(Nc1ccc(C(=O)OC(=O)C(F)(F)F)cc1)C2. The van der Waals surface area contributed by atoms with Crippen LogP contribution in [0.5, 0.6) is 0 Å². The number of alkyl halides is 3. The van der Waals surface area contributed by atoms with Crippen molar-refractivity contribution < 1.29 is 27.5 Å². The highest BCUT2D eigenvalue weighted by atomic mass is 19.4. The van der Waals surface area contributed by atoms with Gasteiger partial charge in [-0.25, -0.2) is 9.59 Å². The van der Waals surface area contributed by atoms with Crippen molar-refractivity contribution in [3.63, 3.8) is 0 Å². The van der Waals surface area contributed by atoms with Gasteiger partial charge in [0.1, 0.15) is 0 Å². The van der Waals surface area contributed by atoms with Gasteiger partial charge in [0, 0.05) is 23.3 Å². The standard InChI is InChI=1S/C23H23F3N2O3/c1-28-19-11-12-22(28,16-5-3-2-4-6-16)14-18(13-19)27-17-9-7-15(8-10-17)20(29)31-21(30)23(24,25)26/h2-10,18-19,27H,11-14H2,1H3. The number of hydrogen-bond acceptors (Lipinski definition) is 5. The molecule has 0 saturated carbocycles. The minimum atomic E-state index is -5.21. The van der Waals surface area contributed by atoms with Crippen molar-refractivity contribution in [1.29, 1.82) is 0 Å². The first-order chi connectivity index (χ1) is 14.7. The van der Waals surface area contributed by atoms with Crippen LogP contribution >= 0.6 is 0 Å². The molecule has 2 bridgehead atoms. The van der Waals surface area contributed by atoms with Crippen LogP contribution in [0.3, 0.4) is 0 Å². The van der Waals surface area contributed by atoms with Crippen molar-refractivity contribution in [3.05, 3.63) is 65.7 Å². The monoisotopic (exact) mass is 432 g/mol. The molecular formula is C23H23F3N2O3. The number of carbonyl (C=O) groups is 2. The summed E-state index contributed by atoms with van der Waals surface area (Å²) in [5.41, 5.74) is 1.92. The number of nitrogens with one attached hydrogen (secondary N) is 1. The summed E-state index contributed by atoms with van der Waals surface area (Å²) in [5.74, 6) is -3.85. The van der Waals surface area contributed by atoms with E-state index in [4.69, 9.17) is 0 Å². The van der Waals surface area contributed by atoms with Gasteiger partial charge in [-0.1, -0.05) is 30.3 Å². The van der Waals surface area contributed by atoms with E-state index in [-0.39, 0.29) is 17.1 Å². The Labute approximate surface area is 178 Å². The fourth-order valence-electron chi connectivity index (χ4n) is 4.93. The number of piperidine rings is 1. The number of carbonyl (C=O) groups excluding carboxylic acids is 2. The van der Waals surface area contributed by atoms with Crippen LogP contribution in [0.1, 0.15) is 41.6 Å². The Hall–Kier alpha value is -2.87. The molecular weight excluding hydrogens is 409 g/mol.